The lowest BCUT2D eigenvalue weighted by atomic mass is 9.92. The fourth-order valence-corrected chi connectivity index (χ4v) is 4.02. The lowest BCUT2D eigenvalue weighted by Gasteiger charge is -2.45. The Hall–Kier alpha value is -2.99. The number of nitrogens with zero attached hydrogens (tertiary/aromatic N) is 3. The van der Waals surface area contributed by atoms with Gasteiger partial charge < -0.3 is 9.64 Å². The molecule has 1 aromatic carbocycles. The molecule has 5 nitrogen and oxygen atoms in total. The summed E-state index contributed by atoms with van der Waals surface area (Å²) < 4.78 is 48.8. The normalized spacial score (nSPS) is 20.5. The third kappa shape index (κ3) is 3.75. The minimum Gasteiger partial charge on any atom is -0.465 e. The highest BCUT2D eigenvalue weighted by Gasteiger charge is 2.62. The highest BCUT2D eigenvalue weighted by atomic mass is 32.2. The van der Waals surface area contributed by atoms with Gasteiger partial charge in [-0.15, -0.1) is 0 Å². The number of benzene rings is 1. The molecule has 0 fully saturated rings. The van der Waals surface area contributed by atoms with Gasteiger partial charge in [-0.1, -0.05) is 47.7 Å². The topological polar surface area (TPSA) is 65.7 Å². The Kier molecular flexibility index (Phi) is 6.08. The van der Waals surface area contributed by atoms with Crippen LogP contribution in [-0.4, -0.2) is 34.4 Å². The van der Waals surface area contributed by atoms with E-state index in [2.05, 4.69) is 4.99 Å². The molecule has 0 N–H and O–H groups in total. The van der Waals surface area contributed by atoms with Gasteiger partial charge in [-0.2, -0.15) is 18.4 Å². The Morgan fingerprint density at radius 3 is 2.60 bits per heavy atom. The molecule has 156 valence electrons. The Morgan fingerprint density at radius 2 is 2.00 bits per heavy atom. The lowest BCUT2D eigenvalue weighted by Crippen LogP contribution is -2.55. The molecular formula is C21H18F3N3O2S. The van der Waals surface area contributed by atoms with Crippen molar-refractivity contribution in [3.8, 4) is 6.07 Å². The predicted octanol–water partition coefficient (Wildman–Crippen LogP) is 4.58. The summed E-state index contributed by atoms with van der Waals surface area (Å²) in [6, 6.07) is 7.85. The van der Waals surface area contributed by atoms with Crippen LogP contribution in [0.15, 0.2) is 65.0 Å². The monoisotopic (exact) mass is 433 g/mol. The number of aryl methyl sites for hydroxylation is 1. The van der Waals surface area contributed by atoms with Gasteiger partial charge >= 0.3 is 12.1 Å². The van der Waals surface area contributed by atoms with Gasteiger partial charge in [-0.05, 0) is 26.0 Å². The van der Waals surface area contributed by atoms with Crippen molar-refractivity contribution < 1.29 is 22.7 Å². The van der Waals surface area contributed by atoms with Crippen LogP contribution in [0.3, 0.4) is 0 Å². The molecule has 0 amide bonds. The van der Waals surface area contributed by atoms with Crippen LogP contribution in [0.4, 0.5) is 13.2 Å². The molecule has 1 atom stereocenters. The third-order valence-electron chi connectivity index (χ3n) is 4.54. The molecule has 9 heteroatoms. The number of esters is 1. The van der Waals surface area contributed by atoms with Crippen molar-refractivity contribution in [3.63, 3.8) is 0 Å². The minimum absolute atomic E-state index is 0.0307. The first-order valence-electron chi connectivity index (χ1n) is 9.05. The van der Waals surface area contributed by atoms with E-state index in [0.717, 1.165) is 22.2 Å². The van der Waals surface area contributed by atoms with Gasteiger partial charge in [0, 0.05) is 11.8 Å². The molecule has 3 rings (SSSR count). The van der Waals surface area contributed by atoms with Gasteiger partial charge in [0.25, 0.3) is 5.66 Å². The third-order valence-corrected chi connectivity index (χ3v) is 5.48. The quantitative estimate of drug-likeness (QED) is 0.651. The molecule has 0 saturated heterocycles. The lowest BCUT2D eigenvalue weighted by molar-refractivity contribution is -0.222. The van der Waals surface area contributed by atoms with E-state index in [1.807, 2.05) is 6.07 Å². The number of aliphatic imine (C=N–C) groups is 1. The van der Waals surface area contributed by atoms with Crippen molar-refractivity contribution in [1.29, 1.82) is 5.26 Å². The maximum atomic E-state index is 14.7. The first kappa shape index (κ1) is 21.7. The Balaban J connectivity index is 2.21. The van der Waals surface area contributed by atoms with Crippen molar-refractivity contribution in [2.45, 2.75) is 25.7 Å². The van der Waals surface area contributed by atoms with E-state index in [-0.39, 0.29) is 34.2 Å². The SMILES string of the molecule is CCOC(=O)CSC1=NC(c2ccc(C)cc2)(C(F)(F)F)N2C=CC=CC2=C1C#N. The second-order valence-corrected chi connectivity index (χ2v) is 7.45. The molecule has 2 aliphatic heterocycles. The van der Waals surface area contributed by atoms with Crippen molar-refractivity contribution in [2.75, 3.05) is 12.4 Å². The summed E-state index contributed by atoms with van der Waals surface area (Å²) in [7, 11) is 0. The average Bonchev–Trinajstić information content (AvgIpc) is 2.71. The zero-order chi connectivity index (χ0) is 21.9. The van der Waals surface area contributed by atoms with Gasteiger partial charge in [0.1, 0.15) is 16.7 Å². The summed E-state index contributed by atoms with van der Waals surface area (Å²) in [5.74, 6) is -0.853. The van der Waals surface area contributed by atoms with E-state index in [9.17, 15) is 23.2 Å². The van der Waals surface area contributed by atoms with Gasteiger partial charge in [-0.25, -0.2) is 4.99 Å². The summed E-state index contributed by atoms with van der Waals surface area (Å²) in [5, 5.41) is 9.51. The van der Waals surface area contributed by atoms with Crippen LogP contribution in [0.5, 0.6) is 0 Å². The van der Waals surface area contributed by atoms with Crippen molar-refractivity contribution >= 4 is 22.8 Å². The van der Waals surface area contributed by atoms with Crippen molar-refractivity contribution in [3.05, 3.63) is 71.1 Å². The number of rotatable bonds is 4. The molecule has 1 aromatic rings. The van der Waals surface area contributed by atoms with Gasteiger partial charge in [0.2, 0.25) is 0 Å². The number of nitriles is 1. The van der Waals surface area contributed by atoms with E-state index in [1.165, 1.54) is 30.5 Å². The summed E-state index contributed by atoms with van der Waals surface area (Å²) in [6.07, 6.45) is 0.890. The molecule has 0 aromatic heterocycles. The van der Waals surface area contributed by atoms with E-state index in [1.54, 1.807) is 32.1 Å². The summed E-state index contributed by atoms with van der Waals surface area (Å²) in [6.45, 7) is 3.55. The number of allylic oxidation sites excluding steroid dienone is 3. The first-order chi connectivity index (χ1) is 14.2. The highest BCUT2D eigenvalue weighted by molar-refractivity contribution is 8.15. The summed E-state index contributed by atoms with van der Waals surface area (Å²) in [4.78, 5) is 16.8. The standard InChI is InChI=1S/C21H18F3N3O2S/c1-3-29-18(28)13-30-19-16(12-25)17-6-4-5-11-27(17)20(26-19,21(22,23)24)15-9-7-14(2)8-10-15/h4-11H,3,13H2,1-2H3. The van der Waals surface area contributed by atoms with Crippen LogP contribution in [0.2, 0.25) is 0 Å². The molecule has 0 bridgehead atoms. The van der Waals surface area contributed by atoms with Gasteiger partial charge in [-0.3, -0.25) is 4.79 Å². The van der Waals surface area contributed by atoms with Crippen LogP contribution in [0, 0.1) is 18.3 Å². The maximum absolute atomic E-state index is 14.7. The smallest absolute Gasteiger partial charge is 0.437 e. The van der Waals surface area contributed by atoms with Crippen molar-refractivity contribution in [2.24, 2.45) is 4.99 Å². The molecule has 0 aliphatic carbocycles. The minimum atomic E-state index is -4.82. The summed E-state index contributed by atoms with van der Waals surface area (Å²) >= 11 is 0.761. The Labute approximate surface area is 176 Å². The fourth-order valence-electron chi connectivity index (χ4n) is 3.19. The molecule has 2 aliphatic rings. The van der Waals surface area contributed by atoms with Gasteiger partial charge in [0.15, 0.2) is 0 Å². The molecular weight excluding hydrogens is 415 g/mol. The van der Waals surface area contributed by atoms with Crippen molar-refractivity contribution in [1.82, 2.24) is 4.90 Å². The van der Waals surface area contributed by atoms with Crippen LogP contribution in [0.1, 0.15) is 18.1 Å². The average molecular weight is 433 g/mol. The molecule has 0 spiro atoms. The van der Waals surface area contributed by atoms with Crippen LogP contribution in [0.25, 0.3) is 0 Å². The number of ether oxygens (including phenoxy) is 1. The highest BCUT2D eigenvalue weighted by Crippen LogP contribution is 2.51. The predicted molar refractivity (Wildman–Crippen MR) is 108 cm³/mol. The summed E-state index contributed by atoms with van der Waals surface area (Å²) in [5.41, 5.74) is -2.02. The van der Waals surface area contributed by atoms with Crippen LogP contribution >= 0.6 is 11.8 Å². The Morgan fingerprint density at radius 1 is 1.30 bits per heavy atom. The molecule has 30 heavy (non-hydrogen) atoms. The number of fused-ring (bicyclic) bond motifs is 1. The molecule has 0 saturated carbocycles. The fraction of sp³-hybridized carbons (Fsp3) is 0.286. The van der Waals surface area contributed by atoms with E-state index >= 15 is 0 Å². The van der Waals surface area contributed by atoms with E-state index < -0.39 is 17.8 Å². The number of hydrogen-bond donors (Lipinski definition) is 0. The second kappa shape index (κ2) is 8.40. The van der Waals surface area contributed by atoms with E-state index in [4.69, 9.17) is 4.74 Å². The number of hydrogen-bond acceptors (Lipinski definition) is 6. The zero-order valence-corrected chi connectivity index (χ0v) is 17.0. The largest absolute Gasteiger partial charge is 0.465 e. The first-order valence-corrected chi connectivity index (χ1v) is 10.0. The van der Waals surface area contributed by atoms with Gasteiger partial charge in [0.05, 0.1) is 18.1 Å². The molecule has 1 unspecified atom stereocenters. The number of carbonyl (C=O) groups is 1. The van der Waals surface area contributed by atoms with Crippen LogP contribution < -0.4 is 0 Å². The van der Waals surface area contributed by atoms with E-state index in [0.29, 0.717) is 0 Å². The maximum Gasteiger partial charge on any atom is 0.437 e. The number of halogens is 3. The molecule has 2 heterocycles. The number of thioether (sulfide) groups is 1. The molecule has 0 radical (unpaired) electrons. The Bertz CT molecular complexity index is 1000. The second-order valence-electron chi connectivity index (χ2n) is 6.49. The van der Waals surface area contributed by atoms with Crippen LogP contribution in [-0.2, 0) is 15.2 Å². The number of alkyl halides is 3. The number of carbonyl (C=O) groups excluding carboxylic acids is 1. The zero-order valence-electron chi connectivity index (χ0n) is 16.2.